The third kappa shape index (κ3) is 4.82. The number of thioether (sulfide) groups is 1. The van der Waals surface area contributed by atoms with E-state index in [1.165, 1.54) is 32.1 Å². The van der Waals surface area contributed by atoms with Gasteiger partial charge >= 0.3 is 0 Å². The average molecular weight is 292 g/mol. The van der Waals surface area contributed by atoms with Gasteiger partial charge in [0.05, 0.1) is 5.03 Å². The van der Waals surface area contributed by atoms with Crippen LogP contribution >= 0.6 is 11.8 Å². The molecule has 1 heterocycles. The second-order valence-corrected chi connectivity index (χ2v) is 6.65. The van der Waals surface area contributed by atoms with Crippen molar-refractivity contribution in [3.8, 4) is 0 Å². The van der Waals surface area contributed by atoms with Crippen LogP contribution in [0.2, 0.25) is 0 Å². The number of hydrogen-bond donors (Lipinski definition) is 1. The van der Waals surface area contributed by atoms with E-state index in [0.717, 1.165) is 35.2 Å². The first-order valence-electron chi connectivity index (χ1n) is 7.66. The molecule has 4 heteroatoms. The number of pyridine rings is 1. The molecule has 0 bridgehead atoms. The molecule has 2 rings (SSSR count). The molecule has 1 amide bonds. The Labute approximate surface area is 125 Å². The summed E-state index contributed by atoms with van der Waals surface area (Å²) in [5.41, 5.74) is 0.719. The molecule has 3 nitrogen and oxygen atoms in total. The van der Waals surface area contributed by atoms with Crippen LogP contribution in [0.3, 0.4) is 0 Å². The highest BCUT2D eigenvalue weighted by molar-refractivity contribution is 7.99. The lowest BCUT2D eigenvalue weighted by Gasteiger charge is -2.09. The number of rotatable bonds is 7. The van der Waals surface area contributed by atoms with Crippen LogP contribution in [0.5, 0.6) is 0 Å². The first-order chi connectivity index (χ1) is 9.79. The molecule has 0 aromatic carbocycles. The molecule has 0 aliphatic heterocycles. The minimum Gasteiger partial charge on any atom is -0.352 e. The highest BCUT2D eigenvalue weighted by Gasteiger charge is 2.14. The lowest BCUT2D eigenvalue weighted by molar-refractivity contribution is 0.0952. The zero-order valence-electron chi connectivity index (χ0n) is 12.2. The summed E-state index contributed by atoms with van der Waals surface area (Å²) in [6.07, 6.45) is 9.63. The predicted octanol–water partition coefficient (Wildman–Crippen LogP) is 3.89. The van der Waals surface area contributed by atoms with Gasteiger partial charge in [0.2, 0.25) is 0 Å². The minimum atomic E-state index is 0.0248. The quantitative estimate of drug-likeness (QED) is 0.612. The van der Waals surface area contributed by atoms with E-state index in [2.05, 4.69) is 17.2 Å². The van der Waals surface area contributed by atoms with E-state index < -0.39 is 0 Å². The van der Waals surface area contributed by atoms with Gasteiger partial charge in [0, 0.05) is 18.3 Å². The highest BCUT2D eigenvalue weighted by atomic mass is 32.2. The maximum atomic E-state index is 12.0. The fraction of sp³-hybridized carbons (Fsp3) is 0.625. The summed E-state index contributed by atoms with van der Waals surface area (Å²) in [5, 5.41) is 3.94. The van der Waals surface area contributed by atoms with E-state index >= 15 is 0 Å². The molecular formula is C16H24N2OS. The number of nitrogens with one attached hydrogen (secondary N) is 1. The Kier molecular flexibility index (Phi) is 6.37. The Morgan fingerprint density at radius 3 is 3.00 bits per heavy atom. The summed E-state index contributed by atoms with van der Waals surface area (Å²) in [5.74, 6) is 1.90. The van der Waals surface area contributed by atoms with Crippen LogP contribution in [0.4, 0.5) is 0 Å². The Morgan fingerprint density at radius 1 is 1.45 bits per heavy atom. The topological polar surface area (TPSA) is 42.0 Å². The molecule has 1 saturated carbocycles. The molecule has 0 spiro atoms. The van der Waals surface area contributed by atoms with Crippen LogP contribution in [0, 0.1) is 5.92 Å². The van der Waals surface area contributed by atoms with Gasteiger partial charge in [-0.15, -0.1) is 11.8 Å². The van der Waals surface area contributed by atoms with Crippen molar-refractivity contribution in [3.63, 3.8) is 0 Å². The van der Waals surface area contributed by atoms with Crippen molar-refractivity contribution in [1.29, 1.82) is 0 Å². The van der Waals surface area contributed by atoms with Gasteiger partial charge in [-0.2, -0.15) is 0 Å². The van der Waals surface area contributed by atoms with Crippen LogP contribution in [0.15, 0.2) is 23.4 Å². The average Bonchev–Trinajstić information content (AvgIpc) is 2.97. The van der Waals surface area contributed by atoms with Gasteiger partial charge in [0.1, 0.15) is 0 Å². The zero-order chi connectivity index (χ0) is 14.2. The SMILES string of the molecule is CCSc1cc(C(=O)NCCCC2CCCC2)ccn1. The van der Waals surface area contributed by atoms with Gasteiger partial charge in [-0.3, -0.25) is 4.79 Å². The molecule has 1 aliphatic carbocycles. The molecule has 1 aliphatic rings. The lowest BCUT2D eigenvalue weighted by Crippen LogP contribution is -2.24. The minimum absolute atomic E-state index is 0.0248. The van der Waals surface area contributed by atoms with E-state index in [9.17, 15) is 4.79 Å². The van der Waals surface area contributed by atoms with Crippen LogP contribution in [0.25, 0.3) is 0 Å². The van der Waals surface area contributed by atoms with Gasteiger partial charge in [-0.1, -0.05) is 32.6 Å². The van der Waals surface area contributed by atoms with Crippen molar-refractivity contribution in [2.24, 2.45) is 5.92 Å². The lowest BCUT2D eigenvalue weighted by atomic mass is 10.0. The second kappa shape index (κ2) is 8.30. The Morgan fingerprint density at radius 2 is 2.25 bits per heavy atom. The molecule has 0 atom stereocenters. The summed E-state index contributed by atoms with van der Waals surface area (Å²) < 4.78 is 0. The third-order valence-electron chi connectivity index (χ3n) is 3.84. The van der Waals surface area contributed by atoms with Gasteiger partial charge in [0.15, 0.2) is 0 Å². The Balaban J connectivity index is 1.72. The maximum absolute atomic E-state index is 12.0. The van der Waals surface area contributed by atoms with Crippen LogP contribution in [-0.2, 0) is 0 Å². The molecule has 0 radical (unpaired) electrons. The maximum Gasteiger partial charge on any atom is 0.251 e. The fourth-order valence-electron chi connectivity index (χ4n) is 2.77. The number of aromatic nitrogens is 1. The first-order valence-corrected chi connectivity index (χ1v) is 8.65. The second-order valence-electron chi connectivity index (χ2n) is 5.36. The predicted molar refractivity (Wildman–Crippen MR) is 84.2 cm³/mol. The summed E-state index contributed by atoms with van der Waals surface area (Å²) in [6, 6.07) is 3.66. The van der Waals surface area contributed by atoms with Crippen molar-refractivity contribution in [3.05, 3.63) is 23.9 Å². The molecule has 110 valence electrons. The van der Waals surface area contributed by atoms with Crippen molar-refractivity contribution in [1.82, 2.24) is 10.3 Å². The summed E-state index contributed by atoms with van der Waals surface area (Å²) in [4.78, 5) is 16.3. The van der Waals surface area contributed by atoms with E-state index in [1.54, 1.807) is 24.0 Å². The van der Waals surface area contributed by atoms with Crippen molar-refractivity contribution in [2.45, 2.75) is 50.5 Å². The number of amides is 1. The number of hydrogen-bond acceptors (Lipinski definition) is 3. The van der Waals surface area contributed by atoms with E-state index in [1.807, 2.05) is 6.07 Å². The highest BCUT2D eigenvalue weighted by Crippen LogP contribution is 2.28. The fourth-order valence-corrected chi connectivity index (χ4v) is 3.41. The largest absolute Gasteiger partial charge is 0.352 e. The van der Waals surface area contributed by atoms with Gasteiger partial charge in [-0.25, -0.2) is 4.98 Å². The number of carbonyl (C=O) groups excluding carboxylic acids is 1. The van der Waals surface area contributed by atoms with E-state index in [-0.39, 0.29) is 5.91 Å². The molecular weight excluding hydrogens is 268 g/mol. The number of nitrogens with zero attached hydrogens (tertiary/aromatic N) is 1. The molecule has 0 unspecified atom stereocenters. The molecule has 1 fully saturated rings. The van der Waals surface area contributed by atoms with Crippen LogP contribution in [-0.4, -0.2) is 23.2 Å². The summed E-state index contributed by atoms with van der Waals surface area (Å²) in [6.45, 7) is 2.87. The zero-order valence-corrected chi connectivity index (χ0v) is 13.0. The van der Waals surface area contributed by atoms with Gasteiger partial charge < -0.3 is 5.32 Å². The Hall–Kier alpha value is -1.03. The monoisotopic (exact) mass is 292 g/mol. The normalized spacial score (nSPS) is 15.4. The summed E-state index contributed by atoms with van der Waals surface area (Å²) >= 11 is 1.66. The van der Waals surface area contributed by atoms with E-state index in [0.29, 0.717) is 0 Å². The number of carbonyl (C=O) groups is 1. The molecule has 1 aromatic rings. The third-order valence-corrected chi connectivity index (χ3v) is 4.65. The standard InChI is InChI=1S/C16H24N2OS/c1-2-20-15-12-14(9-11-17-15)16(19)18-10-5-8-13-6-3-4-7-13/h9,11-13H,2-8,10H2,1H3,(H,18,19). The molecule has 0 saturated heterocycles. The van der Waals surface area contributed by atoms with E-state index in [4.69, 9.17) is 0 Å². The van der Waals surface area contributed by atoms with Crippen LogP contribution < -0.4 is 5.32 Å². The van der Waals surface area contributed by atoms with Gasteiger partial charge in [0.25, 0.3) is 5.91 Å². The van der Waals surface area contributed by atoms with Crippen molar-refractivity contribution >= 4 is 17.7 Å². The molecule has 1 N–H and O–H groups in total. The summed E-state index contributed by atoms with van der Waals surface area (Å²) in [7, 11) is 0. The van der Waals surface area contributed by atoms with Crippen LogP contribution in [0.1, 0.15) is 55.8 Å². The first kappa shape index (κ1) is 15.4. The molecule has 20 heavy (non-hydrogen) atoms. The van der Waals surface area contributed by atoms with Crippen molar-refractivity contribution in [2.75, 3.05) is 12.3 Å². The molecule has 1 aromatic heterocycles. The van der Waals surface area contributed by atoms with Crippen molar-refractivity contribution < 1.29 is 4.79 Å². The van der Waals surface area contributed by atoms with Gasteiger partial charge in [-0.05, 0) is 36.6 Å². The smallest absolute Gasteiger partial charge is 0.251 e. The Bertz CT molecular complexity index is 430.